The number of hydrogen-bond donors (Lipinski definition) is 3. The van der Waals surface area contributed by atoms with Crippen LogP contribution in [0.25, 0.3) is 0 Å². The van der Waals surface area contributed by atoms with Crippen LogP contribution in [0.1, 0.15) is 46.0 Å². The van der Waals surface area contributed by atoms with Crippen LogP contribution < -0.4 is 16.4 Å². The normalized spacial score (nSPS) is 22.0. The van der Waals surface area contributed by atoms with Crippen molar-refractivity contribution in [3.05, 3.63) is 0 Å². The first-order valence-corrected chi connectivity index (χ1v) is 10.0. The van der Waals surface area contributed by atoms with E-state index in [-0.39, 0.29) is 29.7 Å². The molecule has 150 valence electrons. The molecule has 2 amide bonds. The fourth-order valence-electron chi connectivity index (χ4n) is 3.86. The van der Waals surface area contributed by atoms with Crippen LogP contribution in [0.5, 0.6) is 0 Å². The molecule has 0 aromatic carbocycles. The topological polar surface area (TPSA) is 96.7 Å². The second kappa shape index (κ2) is 10.2. The molecule has 1 heterocycles. The van der Waals surface area contributed by atoms with E-state index in [9.17, 15) is 9.59 Å². The van der Waals surface area contributed by atoms with Crippen molar-refractivity contribution in [2.24, 2.45) is 17.1 Å². The van der Waals surface area contributed by atoms with E-state index in [1.54, 1.807) is 0 Å². The van der Waals surface area contributed by atoms with E-state index in [4.69, 9.17) is 10.5 Å². The average molecular weight is 369 g/mol. The van der Waals surface area contributed by atoms with Gasteiger partial charge < -0.3 is 21.1 Å². The molecule has 1 atom stereocenters. The zero-order valence-electron chi connectivity index (χ0n) is 16.4. The summed E-state index contributed by atoms with van der Waals surface area (Å²) in [7, 11) is 0. The van der Waals surface area contributed by atoms with Crippen molar-refractivity contribution < 1.29 is 14.3 Å². The highest BCUT2D eigenvalue weighted by Gasteiger charge is 2.34. The number of rotatable bonds is 8. The van der Waals surface area contributed by atoms with Crippen LogP contribution in [0.3, 0.4) is 0 Å². The molecule has 0 radical (unpaired) electrons. The number of ether oxygens (including phenoxy) is 1. The summed E-state index contributed by atoms with van der Waals surface area (Å²) < 4.78 is 5.45. The summed E-state index contributed by atoms with van der Waals surface area (Å²) in [4.78, 5) is 26.6. The summed E-state index contributed by atoms with van der Waals surface area (Å²) >= 11 is 0. The minimum Gasteiger partial charge on any atom is -0.379 e. The van der Waals surface area contributed by atoms with Gasteiger partial charge in [0.2, 0.25) is 11.8 Å². The van der Waals surface area contributed by atoms with Gasteiger partial charge in [-0.1, -0.05) is 33.1 Å². The van der Waals surface area contributed by atoms with Gasteiger partial charge in [0.1, 0.15) is 0 Å². The predicted octanol–water partition coefficient (Wildman–Crippen LogP) is 0.485. The van der Waals surface area contributed by atoms with Gasteiger partial charge in [0.25, 0.3) is 0 Å². The van der Waals surface area contributed by atoms with Crippen LogP contribution in [0.2, 0.25) is 0 Å². The summed E-state index contributed by atoms with van der Waals surface area (Å²) in [5.41, 5.74) is 5.95. The maximum Gasteiger partial charge on any atom is 0.239 e. The standard InChI is InChI=1S/C19H36N4O3/c1-15(2)17(20)18(25)21-12-16(24)22-13-19(6-4-3-5-7-19)14-23-8-10-26-11-9-23/h15,17H,3-14,20H2,1-2H3,(H,21,25)(H,22,24)/t17-/m0/s1. The predicted molar refractivity (Wildman–Crippen MR) is 102 cm³/mol. The molecule has 0 bridgehead atoms. The second-order valence-corrected chi connectivity index (χ2v) is 8.21. The fraction of sp³-hybridized carbons (Fsp3) is 0.895. The molecule has 26 heavy (non-hydrogen) atoms. The molecule has 0 spiro atoms. The van der Waals surface area contributed by atoms with E-state index in [2.05, 4.69) is 15.5 Å². The minimum absolute atomic E-state index is 0.00706. The first-order valence-electron chi connectivity index (χ1n) is 10.0. The molecule has 1 aliphatic heterocycles. The number of carbonyl (C=O) groups is 2. The summed E-state index contributed by atoms with van der Waals surface area (Å²) in [5, 5.41) is 5.70. The molecular weight excluding hydrogens is 332 g/mol. The Balaban J connectivity index is 1.80. The summed E-state index contributed by atoms with van der Waals surface area (Å²) in [6.45, 7) is 9.00. The van der Waals surface area contributed by atoms with Crippen LogP contribution in [0, 0.1) is 11.3 Å². The molecule has 7 heteroatoms. The number of hydrogen-bond acceptors (Lipinski definition) is 5. The number of nitrogens with zero attached hydrogens (tertiary/aromatic N) is 1. The van der Waals surface area contributed by atoms with E-state index in [1.807, 2.05) is 13.8 Å². The van der Waals surface area contributed by atoms with Gasteiger partial charge in [-0.05, 0) is 18.8 Å². The van der Waals surface area contributed by atoms with E-state index in [1.165, 1.54) is 19.3 Å². The number of nitrogens with two attached hydrogens (primary N) is 1. The molecule has 1 aliphatic carbocycles. The fourth-order valence-corrected chi connectivity index (χ4v) is 3.86. The van der Waals surface area contributed by atoms with Gasteiger partial charge >= 0.3 is 0 Å². The highest BCUT2D eigenvalue weighted by molar-refractivity contribution is 5.87. The molecular formula is C19H36N4O3. The van der Waals surface area contributed by atoms with Crippen molar-refractivity contribution in [1.29, 1.82) is 0 Å². The van der Waals surface area contributed by atoms with Gasteiger partial charge in [-0.25, -0.2) is 0 Å². The smallest absolute Gasteiger partial charge is 0.239 e. The number of nitrogens with one attached hydrogen (secondary N) is 2. The summed E-state index contributed by atoms with van der Waals surface area (Å²) in [6, 6.07) is -0.575. The monoisotopic (exact) mass is 368 g/mol. The highest BCUT2D eigenvalue weighted by Crippen LogP contribution is 2.36. The molecule has 2 aliphatic rings. The van der Waals surface area contributed by atoms with E-state index in [0.717, 1.165) is 45.7 Å². The molecule has 4 N–H and O–H groups in total. The first-order chi connectivity index (χ1) is 12.4. The van der Waals surface area contributed by atoms with E-state index in [0.29, 0.717) is 6.54 Å². The Labute approximate surface area is 157 Å². The molecule has 0 aromatic heterocycles. The van der Waals surface area contributed by atoms with Gasteiger partial charge in [-0.15, -0.1) is 0 Å². The van der Waals surface area contributed by atoms with Crippen LogP contribution in [-0.2, 0) is 14.3 Å². The van der Waals surface area contributed by atoms with Gasteiger partial charge in [0, 0.05) is 31.6 Å². The van der Waals surface area contributed by atoms with Crippen LogP contribution in [-0.4, -0.2) is 68.7 Å². The maximum absolute atomic E-state index is 12.2. The molecule has 2 fully saturated rings. The zero-order chi connectivity index (χ0) is 19.0. The lowest BCUT2D eigenvalue weighted by atomic mass is 9.73. The second-order valence-electron chi connectivity index (χ2n) is 8.21. The highest BCUT2D eigenvalue weighted by atomic mass is 16.5. The van der Waals surface area contributed by atoms with Gasteiger partial charge in [0.15, 0.2) is 0 Å². The van der Waals surface area contributed by atoms with Crippen molar-refractivity contribution >= 4 is 11.8 Å². The number of carbonyl (C=O) groups excluding carboxylic acids is 2. The lowest BCUT2D eigenvalue weighted by Crippen LogP contribution is -2.51. The molecule has 1 saturated carbocycles. The number of amides is 2. The van der Waals surface area contributed by atoms with Crippen LogP contribution >= 0.6 is 0 Å². The minimum atomic E-state index is -0.575. The Bertz CT molecular complexity index is 458. The van der Waals surface area contributed by atoms with Crippen molar-refractivity contribution in [2.75, 3.05) is 45.9 Å². The van der Waals surface area contributed by atoms with Crippen molar-refractivity contribution in [3.63, 3.8) is 0 Å². The third-order valence-electron chi connectivity index (χ3n) is 5.68. The Hall–Kier alpha value is -1.18. The van der Waals surface area contributed by atoms with Crippen molar-refractivity contribution in [2.45, 2.75) is 52.0 Å². The lowest BCUT2D eigenvalue weighted by Gasteiger charge is -2.42. The third kappa shape index (κ3) is 6.52. The SMILES string of the molecule is CC(C)[C@H](N)C(=O)NCC(=O)NCC1(CN2CCOCC2)CCCCC1. The Morgan fingerprint density at radius 3 is 2.38 bits per heavy atom. The van der Waals surface area contributed by atoms with Gasteiger partial charge in [-0.3, -0.25) is 14.5 Å². The lowest BCUT2D eigenvalue weighted by molar-refractivity contribution is -0.127. The van der Waals surface area contributed by atoms with Gasteiger partial charge in [0.05, 0.1) is 25.8 Å². The molecule has 2 rings (SSSR count). The van der Waals surface area contributed by atoms with Crippen LogP contribution in [0.4, 0.5) is 0 Å². The Morgan fingerprint density at radius 1 is 1.12 bits per heavy atom. The van der Waals surface area contributed by atoms with E-state index >= 15 is 0 Å². The quantitative estimate of drug-likeness (QED) is 0.579. The maximum atomic E-state index is 12.2. The number of morpholine rings is 1. The van der Waals surface area contributed by atoms with Crippen molar-refractivity contribution in [1.82, 2.24) is 15.5 Å². The van der Waals surface area contributed by atoms with Crippen molar-refractivity contribution in [3.8, 4) is 0 Å². The summed E-state index contributed by atoms with van der Waals surface area (Å²) in [6.07, 6.45) is 6.02. The summed E-state index contributed by atoms with van der Waals surface area (Å²) in [5.74, 6) is -0.353. The Kier molecular flexibility index (Phi) is 8.31. The Morgan fingerprint density at radius 2 is 1.77 bits per heavy atom. The first kappa shape index (κ1) is 21.1. The van der Waals surface area contributed by atoms with Gasteiger partial charge in [-0.2, -0.15) is 0 Å². The average Bonchev–Trinajstić information content (AvgIpc) is 2.65. The third-order valence-corrected chi connectivity index (χ3v) is 5.68. The molecule has 0 unspecified atom stereocenters. The molecule has 7 nitrogen and oxygen atoms in total. The molecule has 1 saturated heterocycles. The largest absolute Gasteiger partial charge is 0.379 e. The zero-order valence-corrected chi connectivity index (χ0v) is 16.4. The molecule has 0 aromatic rings. The van der Waals surface area contributed by atoms with Crippen LogP contribution in [0.15, 0.2) is 0 Å². The van der Waals surface area contributed by atoms with E-state index < -0.39 is 6.04 Å².